The van der Waals surface area contributed by atoms with E-state index in [1.54, 1.807) is 0 Å². The fourth-order valence-corrected chi connectivity index (χ4v) is 2.75. The van der Waals surface area contributed by atoms with E-state index in [1.165, 1.54) is 18.4 Å². The Bertz CT molecular complexity index is 409. The van der Waals surface area contributed by atoms with Gasteiger partial charge in [-0.2, -0.15) is 0 Å². The summed E-state index contributed by atoms with van der Waals surface area (Å²) in [6.45, 7) is 8.46. The van der Waals surface area contributed by atoms with Gasteiger partial charge in [-0.1, -0.05) is 12.1 Å². The number of hydrogen-bond donors (Lipinski definition) is 1. The van der Waals surface area contributed by atoms with Crippen molar-refractivity contribution in [2.45, 2.75) is 51.8 Å². The number of nitrogens with zero attached hydrogens (tertiary/aromatic N) is 1. The molecule has 3 heteroatoms. The van der Waals surface area contributed by atoms with Crippen LogP contribution in [0.1, 0.15) is 39.2 Å². The van der Waals surface area contributed by atoms with Gasteiger partial charge < -0.3 is 10.5 Å². The molecule has 19 heavy (non-hydrogen) atoms. The first kappa shape index (κ1) is 14.4. The standard InChI is InChI=1S/C16H26N2O/c1-13(2)19-15-8-6-7-14(11-15)12-16(3,17)18-9-4-5-10-18/h6-8,11,13H,4-5,9-10,12,17H2,1-3H3. The molecule has 0 aliphatic carbocycles. The first-order chi connectivity index (χ1) is 8.97. The second-order valence-electron chi connectivity index (χ2n) is 6.04. The third-order valence-electron chi connectivity index (χ3n) is 3.66. The van der Waals surface area contributed by atoms with Crippen LogP contribution in [0.2, 0.25) is 0 Å². The van der Waals surface area contributed by atoms with Crippen LogP contribution in [0.3, 0.4) is 0 Å². The van der Waals surface area contributed by atoms with Crippen molar-refractivity contribution < 1.29 is 4.74 Å². The molecule has 0 aromatic heterocycles. The van der Waals surface area contributed by atoms with Crippen molar-refractivity contribution in [3.63, 3.8) is 0 Å². The van der Waals surface area contributed by atoms with Crippen LogP contribution in [0.4, 0.5) is 0 Å². The van der Waals surface area contributed by atoms with Gasteiger partial charge in [0.2, 0.25) is 0 Å². The van der Waals surface area contributed by atoms with Gasteiger partial charge in [0.05, 0.1) is 11.8 Å². The third kappa shape index (κ3) is 3.95. The highest BCUT2D eigenvalue weighted by Crippen LogP contribution is 2.23. The SMILES string of the molecule is CC(C)Oc1cccc(CC(C)(N)N2CCCC2)c1. The molecule has 0 amide bonds. The molecule has 1 unspecified atom stereocenters. The van der Waals surface area contributed by atoms with E-state index in [2.05, 4.69) is 24.0 Å². The summed E-state index contributed by atoms with van der Waals surface area (Å²) in [7, 11) is 0. The summed E-state index contributed by atoms with van der Waals surface area (Å²) < 4.78 is 5.74. The average molecular weight is 262 g/mol. The third-order valence-corrected chi connectivity index (χ3v) is 3.66. The van der Waals surface area contributed by atoms with Crippen molar-refractivity contribution in [3.8, 4) is 5.75 Å². The zero-order chi connectivity index (χ0) is 13.9. The van der Waals surface area contributed by atoms with E-state index in [0.717, 1.165) is 25.3 Å². The Morgan fingerprint density at radius 1 is 1.32 bits per heavy atom. The monoisotopic (exact) mass is 262 g/mol. The second kappa shape index (κ2) is 5.93. The molecular weight excluding hydrogens is 236 g/mol. The molecular formula is C16H26N2O. The van der Waals surface area contributed by atoms with E-state index in [-0.39, 0.29) is 11.8 Å². The fourth-order valence-electron chi connectivity index (χ4n) is 2.75. The smallest absolute Gasteiger partial charge is 0.119 e. The maximum atomic E-state index is 6.49. The van der Waals surface area contributed by atoms with Gasteiger partial charge in [0.25, 0.3) is 0 Å². The van der Waals surface area contributed by atoms with Gasteiger partial charge in [-0.25, -0.2) is 0 Å². The van der Waals surface area contributed by atoms with Gasteiger partial charge >= 0.3 is 0 Å². The molecule has 1 saturated heterocycles. The van der Waals surface area contributed by atoms with Crippen LogP contribution in [0, 0.1) is 0 Å². The Kier molecular flexibility index (Phi) is 4.48. The highest BCUT2D eigenvalue weighted by molar-refractivity contribution is 5.29. The molecule has 0 bridgehead atoms. The average Bonchev–Trinajstić information content (AvgIpc) is 2.81. The Balaban J connectivity index is 2.05. The fraction of sp³-hybridized carbons (Fsp3) is 0.625. The Morgan fingerprint density at radius 3 is 2.63 bits per heavy atom. The molecule has 1 aliphatic rings. The van der Waals surface area contributed by atoms with Gasteiger partial charge in [0.15, 0.2) is 0 Å². The normalized spacial score (nSPS) is 19.6. The Hall–Kier alpha value is -1.06. The number of benzene rings is 1. The zero-order valence-electron chi connectivity index (χ0n) is 12.4. The van der Waals surface area contributed by atoms with Crippen molar-refractivity contribution >= 4 is 0 Å². The van der Waals surface area contributed by atoms with E-state index >= 15 is 0 Å². The maximum Gasteiger partial charge on any atom is 0.119 e. The largest absolute Gasteiger partial charge is 0.491 e. The van der Waals surface area contributed by atoms with Crippen LogP contribution in [0.25, 0.3) is 0 Å². The minimum Gasteiger partial charge on any atom is -0.491 e. The van der Waals surface area contributed by atoms with Crippen molar-refractivity contribution in [3.05, 3.63) is 29.8 Å². The molecule has 0 saturated carbocycles. The molecule has 0 radical (unpaired) electrons. The number of rotatable bonds is 5. The van der Waals surface area contributed by atoms with Gasteiger partial charge in [-0.05, 0) is 64.4 Å². The van der Waals surface area contributed by atoms with Crippen molar-refractivity contribution in [2.24, 2.45) is 5.73 Å². The summed E-state index contributed by atoms with van der Waals surface area (Å²) in [5.41, 5.74) is 7.48. The molecule has 0 spiro atoms. The molecule has 1 aromatic rings. The molecule has 106 valence electrons. The Morgan fingerprint density at radius 2 is 2.00 bits per heavy atom. The van der Waals surface area contributed by atoms with Crippen LogP contribution in [-0.4, -0.2) is 29.8 Å². The summed E-state index contributed by atoms with van der Waals surface area (Å²) in [5.74, 6) is 0.935. The minimum absolute atomic E-state index is 0.207. The molecule has 1 aliphatic heterocycles. The lowest BCUT2D eigenvalue weighted by Crippen LogP contribution is -2.53. The molecule has 3 nitrogen and oxygen atoms in total. The summed E-state index contributed by atoms with van der Waals surface area (Å²) in [5, 5.41) is 0. The number of likely N-dealkylation sites (tertiary alicyclic amines) is 1. The second-order valence-corrected chi connectivity index (χ2v) is 6.04. The highest BCUT2D eigenvalue weighted by atomic mass is 16.5. The van der Waals surface area contributed by atoms with Gasteiger partial charge in [0.1, 0.15) is 5.75 Å². The molecule has 1 aromatic carbocycles. The maximum absolute atomic E-state index is 6.49. The van der Waals surface area contributed by atoms with Crippen molar-refractivity contribution in [1.29, 1.82) is 0 Å². The predicted molar refractivity (Wildman–Crippen MR) is 79.3 cm³/mol. The molecule has 2 N–H and O–H groups in total. The van der Waals surface area contributed by atoms with E-state index in [9.17, 15) is 0 Å². The summed E-state index contributed by atoms with van der Waals surface area (Å²) >= 11 is 0. The highest BCUT2D eigenvalue weighted by Gasteiger charge is 2.29. The number of nitrogens with two attached hydrogens (primary N) is 1. The number of ether oxygens (including phenoxy) is 1. The summed E-state index contributed by atoms with van der Waals surface area (Å²) in [6.07, 6.45) is 3.60. The lowest BCUT2D eigenvalue weighted by Gasteiger charge is -2.35. The molecule has 2 rings (SSSR count). The predicted octanol–water partition coefficient (Wildman–Crippen LogP) is 2.79. The van der Waals surface area contributed by atoms with Gasteiger partial charge in [-0.3, -0.25) is 4.90 Å². The summed E-state index contributed by atoms with van der Waals surface area (Å²) in [6, 6.07) is 8.30. The summed E-state index contributed by atoms with van der Waals surface area (Å²) in [4.78, 5) is 2.39. The Labute approximate surface area is 116 Å². The first-order valence-electron chi connectivity index (χ1n) is 7.27. The topological polar surface area (TPSA) is 38.5 Å². The van der Waals surface area contributed by atoms with Gasteiger partial charge in [-0.15, -0.1) is 0 Å². The van der Waals surface area contributed by atoms with Crippen LogP contribution < -0.4 is 10.5 Å². The van der Waals surface area contributed by atoms with Crippen molar-refractivity contribution in [1.82, 2.24) is 4.90 Å². The molecule has 1 fully saturated rings. The minimum atomic E-state index is -0.257. The zero-order valence-corrected chi connectivity index (χ0v) is 12.4. The number of hydrogen-bond acceptors (Lipinski definition) is 3. The van der Waals surface area contributed by atoms with Crippen LogP contribution >= 0.6 is 0 Å². The lowest BCUT2D eigenvalue weighted by atomic mass is 10.0. The van der Waals surface area contributed by atoms with Crippen LogP contribution in [-0.2, 0) is 6.42 Å². The molecule has 1 heterocycles. The van der Waals surface area contributed by atoms with E-state index in [4.69, 9.17) is 10.5 Å². The van der Waals surface area contributed by atoms with E-state index in [0.29, 0.717) is 0 Å². The quantitative estimate of drug-likeness (QED) is 0.887. The van der Waals surface area contributed by atoms with Crippen molar-refractivity contribution in [2.75, 3.05) is 13.1 Å². The van der Waals surface area contributed by atoms with Gasteiger partial charge in [0, 0.05) is 6.42 Å². The lowest BCUT2D eigenvalue weighted by molar-refractivity contribution is 0.141. The van der Waals surface area contributed by atoms with E-state index < -0.39 is 0 Å². The van der Waals surface area contributed by atoms with Crippen LogP contribution in [0.5, 0.6) is 5.75 Å². The van der Waals surface area contributed by atoms with Crippen LogP contribution in [0.15, 0.2) is 24.3 Å². The van der Waals surface area contributed by atoms with E-state index in [1.807, 2.05) is 26.0 Å². The first-order valence-corrected chi connectivity index (χ1v) is 7.27. The molecule has 1 atom stereocenters.